The van der Waals surface area contributed by atoms with E-state index >= 15 is 0 Å². The van der Waals surface area contributed by atoms with Gasteiger partial charge in [0.05, 0.1) is 6.61 Å². The molecule has 1 rings (SSSR count). The van der Waals surface area contributed by atoms with E-state index in [9.17, 15) is 0 Å². The van der Waals surface area contributed by atoms with Gasteiger partial charge in [-0.2, -0.15) is 0 Å². The molecular weight excluding hydrogens is 138 g/mol. The van der Waals surface area contributed by atoms with Gasteiger partial charge in [-0.05, 0) is 25.2 Å². The average Bonchev–Trinajstić information content (AvgIpc) is 2.37. The molecule has 0 aromatic rings. The van der Waals surface area contributed by atoms with E-state index in [4.69, 9.17) is 4.74 Å². The van der Waals surface area contributed by atoms with Crippen LogP contribution in [0.25, 0.3) is 0 Å². The van der Waals surface area contributed by atoms with Crippen LogP contribution in [0.15, 0.2) is 0 Å². The molecule has 0 saturated heterocycles. The fourth-order valence-electron chi connectivity index (χ4n) is 1.76. The van der Waals surface area contributed by atoms with Crippen LogP contribution in [0.3, 0.4) is 0 Å². The Morgan fingerprint density at radius 2 is 2.27 bits per heavy atom. The van der Waals surface area contributed by atoms with Crippen molar-refractivity contribution in [2.75, 3.05) is 20.3 Å². The maximum Gasteiger partial charge on any atom is 0.0587 e. The SMILES string of the molecule is COCCN[C@@H]1CC[C@@H](C)C1. The van der Waals surface area contributed by atoms with Crippen LogP contribution in [0.5, 0.6) is 0 Å². The molecule has 2 heteroatoms. The highest BCUT2D eigenvalue weighted by Crippen LogP contribution is 2.24. The molecule has 0 radical (unpaired) electrons. The Bertz CT molecular complexity index is 106. The van der Waals surface area contributed by atoms with Crippen molar-refractivity contribution < 1.29 is 4.74 Å². The molecule has 0 unspecified atom stereocenters. The Balaban J connectivity index is 1.99. The Morgan fingerprint density at radius 1 is 1.45 bits per heavy atom. The van der Waals surface area contributed by atoms with Gasteiger partial charge in [0.15, 0.2) is 0 Å². The van der Waals surface area contributed by atoms with Crippen LogP contribution < -0.4 is 5.32 Å². The summed E-state index contributed by atoms with van der Waals surface area (Å²) in [6, 6.07) is 0.764. The summed E-state index contributed by atoms with van der Waals surface area (Å²) in [6.07, 6.45) is 4.10. The van der Waals surface area contributed by atoms with Gasteiger partial charge in [0, 0.05) is 19.7 Å². The minimum atomic E-state index is 0.764. The first kappa shape index (κ1) is 9.01. The van der Waals surface area contributed by atoms with Crippen LogP contribution in [-0.2, 0) is 4.74 Å². The maximum absolute atomic E-state index is 4.97. The molecule has 1 saturated carbocycles. The molecular formula is C9H19NO. The second kappa shape index (κ2) is 4.73. The smallest absolute Gasteiger partial charge is 0.0587 e. The second-order valence-corrected chi connectivity index (χ2v) is 3.56. The summed E-state index contributed by atoms with van der Waals surface area (Å²) in [6.45, 7) is 4.18. The van der Waals surface area contributed by atoms with Gasteiger partial charge >= 0.3 is 0 Å². The monoisotopic (exact) mass is 157 g/mol. The largest absolute Gasteiger partial charge is 0.383 e. The molecule has 66 valence electrons. The fourth-order valence-corrected chi connectivity index (χ4v) is 1.76. The lowest BCUT2D eigenvalue weighted by atomic mass is 10.1. The van der Waals surface area contributed by atoms with Gasteiger partial charge in [-0.25, -0.2) is 0 Å². The van der Waals surface area contributed by atoms with Gasteiger partial charge in [-0.15, -0.1) is 0 Å². The summed E-state index contributed by atoms with van der Waals surface area (Å²) in [5.41, 5.74) is 0. The van der Waals surface area contributed by atoms with E-state index in [0.29, 0.717) is 0 Å². The van der Waals surface area contributed by atoms with Gasteiger partial charge in [0.25, 0.3) is 0 Å². The lowest BCUT2D eigenvalue weighted by Crippen LogP contribution is -2.29. The first-order chi connectivity index (χ1) is 5.33. The molecule has 1 aliphatic rings. The number of nitrogens with one attached hydrogen (secondary N) is 1. The van der Waals surface area contributed by atoms with Gasteiger partial charge < -0.3 is 10.1 Å². The predicted molar refractivity (Wildman–Crippen MR) is 46.7 cm³/mol. The van der Waals surface area contributed by atoms with Crippen LogP contribution in [0, 0.1) is 5.92 Å². The molecule has 0 heterocycles. The van der Waals surface area contributed by atoms with Crippen LogP contribution >= 0.6 is 0 Å². The third kappa shape index (κ3) is 3.21. The predicted octanol–water partition coefficient (Wildman–Crippen LogP) is 1.41. The number of hydrogen-bond donors (Lipinski definition) is 1. The van der Waals surface area contributed by atoms with Crippen LogP contribution in [0.4, 0.5) is 0 Å². The highest BCUT2D eigenvalue weighted by Gasteiger charge is 2.19. The topological polar surface area (TPSA) is 21.3 Å². The summed E-state index contributed by atoms with van der Waals surface area (Å²) < 4.78 is 4.97. The summed E-state index contributed by atoms with van der Waals surface area (Å²) >= 11 is 0. The maximum atomic E-state index is 4.97. The van der Waals surface area contributed by atoms with Crippen molar-refractivity contribution in [2.45, 2.75) is 32.2 Å². The van der Waals surface area contributed by atoms with Crippen LogP contribution in [0.1, 0.15) is 26.2 Å². The van der Waals surface area contributed by atoms with Crippen molar-refractivity contribution >= 4 is 0 Å². The van der Waals surface area contributed by atoms with Crippen LogP contribution in [0.2, 0.25) is 0 Å². The second-order valence-electron chi connectivity index (χ2n) is 3.56. The minimum absolute atomic E-state index is 0.764. The van der Waals surface area contributed by atoms with E-state index in [0.717, 1.165) is 25.1 Å². The number of hydrogen-bond acceptors (Lipinski definition) is 2. The van der Waals surface area contributed by atoms with E-state index in [-0.39, 0.29) is 0 Å². The first-order valence-corrected chi connectivity index (χ1v) is 4.55. The third-order valence-corrected chi connectivity index (χ3v) is 2.43. The van der Waals surface area contributed by atoms with E-state index < -0.39 is 0 Å². The van der Waals surface area contributed by atoms with Crippen molar-refractivity contribution in [1.29, 1.82) is 0 Å². The molecule has 11 heavy (non-hydrogen) atoms. The Labute approximate surface area is 69.3 Å². The summed E-state index contributed by atoms with van der Waals surface area (Å²) in [5.74, 6) is 0.926. The van der Waals surface area contributed by atoms with Gasteiger partial charge in [-0.1, -0.05) is 6.92 Å². The normalized spacial score (nSPS) is 31.1. The summed E-state index contributed by atoms with van der Waals surface area (Å²) in [4.78, 5) is 0. The lowest BCUT2D eigenvalue weighted by Gasteiger charge is -2.10. The van der Waals surface area contributed by atoms with Gasteiger partial charge in [0.1, 0.15) is 0 Å². The number of ether oxygens (including phenoxy) is 1. The molecule has 0 spiro atoms. The van der Waals surface area contributed by atoms with E-state index in [2.05, 4.69) is 12.2 Å². The third-order valence-electron chi connectivity index (χ3n) is 2.43. The zero-order valence-electron chi connectivity index (χ0n) is 7.60. The molecule has 1 aliphatic carbocycles. The van der Waals surface area contributed by atoms with Gasteiger partial charge in [-0.3, -0.25) is 0 Å². The summed E-state index contributed by atoms with van der Waals surface area (Å²) in [7, 11) is 1.75. The van der Waals surface area contributed by atoms with Gasteiger partial charge in [0.2, 0.25) is 0 Å². The summed E-state index contributed by atoms with van der Waals surface area (Å²) in [5, 5.41) is 3.49. The molecule has 1 N–H and O–H groups in total. The zero-order valence-corrected chi connectivity index (χ0v) is 7.60. The molecule has 2 nitrogen and oxygen atoms in total. The molecule has 2 atom stereocenters. The Kier molecular flexibility index (Phi) is 3.87. The Morgan fingerprint density at radius 3 is 2.82 bits per heavy atom. The van der Waals surface area contributed by atoms with E-state index in [1.165, 1.54) is 19.3 Å². The van der Waals surface area contributed by atoms with Crippen molar-refractivity contribution in [3.63, 3.8) is 0 Å². The average molecular weight is 157 g/mol. The molecule has 1 fully saturated rings. The highest BCUT2D eigenvalue weighted by molar-refractivity contribution is 4.77. The molecule has 0 aromatic heterocycles. The Hall–Kier alpha value is -0.0800. The highest BCUT2D eigenvalue weighted by atomic mass is 16.5. The number of rotatable bonds is 4. The standard InChI is InChI=1S/C9H19NO/c1-8-3-4-9(7-8)10-5-6-11-2/h8-10H,3-7H2,1-2H3/t8-,9-/m1/s1. The molecule has 0 aromatic carbocycles. The first-order valence-electron chi connectivity index (χ1n) is 4.55. The van der Waals surface area contributed by atoms with Crippen molar-refractivity contribution in [3.05, 3.63) is 0 Å². The van der Waals surface area contributed by atoms with Crippen molar-refractivity contribution in [3.8, 4) is 0 Å². The van der Waals surface area contributed by atoms with E-state index in [1.54, 1.807) is 7.11 Å². The molecule has 0 bridgehead atoms. The lowest BCUT2D eigenvalue weighted by molar-refractivity contribution is 0.195. The molecule has 0 aliphatic heterocycles. The minimum Gasteiger partial charge on any atom is -0.383 e. The van der Waals surface area contributed by atoms with Crippen molar-refractivity contribution in [1.82, 2.24) is 5.32 Å². The number of methoxy groups -OCH3 is 1. The van der Waals surface area contributed by atoms with Crippen LogP contribution in [-0.4, -0.2) is 26.3 Å². The van der Waals surface area contributed by atoms with E-state index in [1.807, 2.05) is 0 Å². The zero-order chi connectivity index (χ0) is 8.10. The molecule has 0 amide bonds. The fraction of sp³-hybridized carbons (Fsp3) is 1.00. The van der Waals surface area contributed by atoms with Crippen molar-refractivity contribution in [2.24, 2.45) is 5.92 Å². The quantitative estimate of drug-likeness (QED) is 0.623.